The first-order valence-electron chi connectivity index (χ1n) is 12.8. The molecule has 1 aromatic heterocycles. The molecule has 1 heterocycles. The van der Waals surface area contributed by atoms with Crippen LogP contribution in [0.2, 0.25) is 0 Å². The number of aliphatic hydroxyl groups is 1. The van der Waals surface area contributed by atoms with E-state index in [1.54, 1.807) is 13.2 Å². The molecule has 5 nitrogen and oxygen atoms in total. The lowest BCUT2D eigenvalue weighted by atomic mass is 9.43. The minimum atomic E-state index is -0.687. The molecule has 1 N–H and O–H groups in total. The second-order valence-corrected chi connectivity index (χ2v) is 11.9. The van der Waals surface area contributed by atoms with Crippen molar-refractivity contribution in [3.8, 4) is 0 Å². The van der Waals surface area contributed by atoms with Gasteiger partial charge in [-0.15, -0.1) is 0 Å². The molecule has 4 aliphatic carbocycles. The van der Waals surface area contributed by atoms with E-state index in [1.807, 2.05) is 6.07 Å². The molecule has 0 spiro atoms. The Balaban J connectivity index is 1.37. The molecular weight excluding hydrogens is 416 g/mol. The molecule has 180 valence electrons. The summed E-state index contributed by atoms with van der Waals surface area (Å²) in [4.78, 5) is 23.6. The quantitative estimate of drug-likeness (QED) is 0.491. The van der Waals surface area contributed by atoms with E-state index in [0.717, 1.165) is 63.4 Å². The van der Waals surface area contributed by atoms with E-state index in [4.69, 9.17) is 9.15 Å². The van der Waals surface area contributed by atoms with E-state index in [-0.39, 0.29) is 34.4 Å². The van der Waals surface area contributed by atoms with Gasteiger partial charge in [0, 0.05) is 17.1 Å². The maximum absolute atomic E-state index is 12.3. The number of carbonyl (C=O) groups is 1. The minimum Gasteiger partial charge on any atom is -0.459 e. The summed E-state index contributed by atoms with van der Waals surface area (Å²) >= 11 is 0. The molecule has 0 unspecified atom stereocenters. The number of carbonyl (C=O) groups excluding carboxylic acids is 1. The second-order valence-electron chi connectivity index (χ2n) is 11.9. The number of ether oxygens (including phenoxy) is 1. The van der Waals surface area contributed by atoms with Gasteiger partial charge >= 0.3 is 11.6 Å². The average molecular weight is 455 g/mol. The van der Waals surface area contributed by atoms with Crippen LogP contribution in [-0.4, -0.2) is 22.8 Å². The fourth-order valence-corrected chi connectivity index (χ4v) is 8.65. The number of fused-ring (bicyclic) bond motifs is 5. The van der Waals surface area contributed by atoms with Crippen LogP contribution < -0.4 is 5.63 Å². The lowest BCUT2D eigenvalue weighted by molar-refractivity contribution is -0.207. The van der Waals surface area contributed by atoms with Crippen molar-refractivity contribution in [3.63, 3.8) is 0 Å². The number of hydrogen-bond acceptors (Lipinski definition) is 5. The van der Waals surface area contributed by atoms with Crippen LogP contribution in [-0.2, 0) is 9.53 Å². The molecule has 0 radical (unpaired) electrons. The van der Waals surface area contributed by atoms with Crippen molar-refractivity contribution in [2.45, 2.75) is 96.2 Å². The highest BCUT2D eigenvalue weighted by Gasteiger charge is 2.67. The Morgan fingerprint density at radius 2 is 1.88 bits per heavy atom. The molecule has 0 aliphatic heterocycles. The van der Waals surface area contributed by atoms with Crippen LogP contribution in [0.5, 0.6) is 0 Å². The van der Waals surface area contributed by atoms with E-state index in [1.165, 1.54) is 6.07 Å². The predicted molar refractivity (Wildman–Crippen MR) is 126 cm³/mol. The Bertz CT molecular complexity index is 991. The molecule has 33 heavy (non-hydrogen) atoms. The summed E-state index contributed by atoms with van der Waals surface area (Å²) in [6.45, 7) is 10.1. The summed E-state index contributed by atoms with van der Waals surface area (Å²) in [5, 5.41) is 12.3. The van der Waals surface area contributed by atoms with Gasteiger partial charge < -0.3 is 14.3 Å². The molecule has 0 amide bonds. The topological polar surface area (TPSA) is 76.7 Å². The molecule has 0 aromatic carbocycles. The summed E-state index contributed by atoms with van der Waals surface area (Å²) in [5.74, 6) is 1.28. The van der Waals surface area contributed by atoms with Gasteiger partial charge in [-0.25, -0.2) is 9.59 Å². The molecule has 4 fully saturated rings. The van der Waals surface area contributed by atoms with Crippen molar-refractivity contribution in [3.05, 3.63) is 46.5 Å². The van der Waals surface area contributed by atoms with Gasteiger partial charge in [0.25, 0.3) is 0 Å². The van der Waals surface area contributed by atoms with Crippen molar-refractivity contribution in [1.82, 2.24) is 0 Å². The van der Waals surface area contributed by atoms with Crippen LogP contribution in [0.1, 0.15) is 90.0 Å². The van der Waals surface area contributed by atoms with Crippen molar-refractivity contribution in [2.24, 2.45) is 28.6 Å². The highest BCUT2D eigenvalue weighted by atomic mass is 16.5. The van der Waals surface area contributed by atoms with E-state index in [2.05, 4.69) is 20.4 Å². The van der Waals surface area contributed by atoms with E-state index in [9.17, 15) is 14.7 Å². The Labute approximate surface area is 196 Å². The zero-order valence-corrected chi connectivity index (χ0v) is 20.3. The van der Waals surface area contributed by atoms with Gasteiger partial charge in [-0.3, -0.25) is 0 Å². The molecule has 5 rings (SSSR count). The van der Waals surface area contributed by atoms with Gasteiger partial charge in [-0.1, -0.05) is 20.4 Å². The highest BCUT2D eigenvalue weighted by molar-refractivity contribution is 5.87. The standard InChI is InChI=1S/C28H38O5/c1-17(2)25(30)33-20-9-12-26(3)19(15-20)6-7-23-22(26)10-13-27(4)21(11-14-28(23,27)31)18-5-8-24(29)32-16-18/h5,8,16,19-23,31H,1,6-7,9-15H2,2-4H3/t19-,20-,21-,22+,23-,26+,27-,28-/m1/s1. The molecule has 0 bridgehead atoms. The third-order valence-corrected chi connectivity index (χ3v) is 10.6. The Morgan fingerprint density at radius 1 is 1.09 bits per heavy atom. The maximum atomic E-state index is 12.3. The van der Waals surface area contributed by atoms with Crippen LogP contribution in [0.15, 0.2) is 39.8 Å². The molecule has 0 saturated heterocycles. The number of rotatable bonds is 3. The zero-order chi connectivity index (χ0) is 23.6. The van der Waals surface area contributed by atoms with E-state index < -0.39 is 5.60 Å². The molecule has 8 atom stereocenters. The third-order valence-electron chi connectivity index (χ3n) is 10.6. The monoisotopic (exact) mass is 454 g/mol. The maximum Gasteiger partial charge on any atom is 0.335 e. The van der Waals surface area contributed by atoms with Gasteiger partial charge in [-0.05, 0) is 105 Å². The zero-order valence-electron chi connectivity index (χ0n) is 20.3. The summed E-state index contributed by atoms with van der Waals surface area (Å²) in [7, 11) is 0. The first kappa shape index (κ1) is 22.9. The fraction of sp³-hybridized carbons (Fsp3) is 0.714. The first-order valence-corrected chi connectivity index (χ1v) is 12.8. The van der Waals surface area contributed by atoms with Crippen molar-refractivity contribution >= 4 is 5.97 Å². The summed E-state index contributed by atoms with van der Waals surface area (Å²) in [6, 6.07) is 3.40. The largest absolute Gasteiger partial charge is 0.459 e. The van der Waals surface area contributed by atoms with Crippen LogP contribution in [0.25, 0.3) is 0 Å². The summed E-state index contributed by atoms with van der Waals surface area (Å²) in [6.07, 6.45) is 10.5. The van der Waals surface area contributed by atoms with Crippen LogP contribution >= 0.6 is 0 Å². The summed E-state index contributed by atoms with van der Waals surface area (Å²) in [5.41, 5.74) is 0.487. The van der Waals surface area contributed by atoms with E-state index >= 15 is 0 Å². The third kappa shape index (κ3) is 3.37. The van der Waals surface area contributed by atoms with Crippen LogP contribution in [0, 0.1) is 28.6 Å². The molecule has 4 saturated carbocycles. The smallest absolute Gasteiger partial charge is 0.335 e. The van der Waals surface area contributed by atoms with Gasteiger partial charge in [0.1, 0.15) is 6.10 Å². The lowest BCUT2D eigenvalue weighted by Crippen LogP contribution is -2.62. The fourth-order valence-electron chi connectivity index (χ4n) is 8.65. The van der Waals surface area contributed by atoms with Crippen LogP contribution in [0.3, 0.4) is 0 Å². The van der Waals surface area contributed by atoms with Crippen LogP contribution in [0.4, 0.5) is 0 Å². The first-order chi connectivity index (χ1) is 15.6. The lowest BCUT2D eigenvalue weighted by Gasteiger charge is -2.63. The highest BCUT2D eigenvalue weighted by Crippen LogP contribution is 2.70. The molecule has 1 aromatic rings. The van der Waals surface area contributed by atoms with Crippen molar-refractivity contribution < 1.29 is 19.1 Å². The number of hydrogen-bond donors (Lipinski definition) is 1. The molecular formula is C28H38O5. The molecule has 5 heteroatoms. The van der Waals surface area contributed by atoms with Crippen molar-refractivity contribution in [1.29, 1.82) is 0 Å². The molecule has 4 aliphatic rings. The SMILES string of the molecule is C=C(C)C(=O)O[C@@H]1CC[C@@]2(C)[C@H](CC[C@@H]3[C@@H]2CC[C@]2(C)[C@@H](c4ccc(=O)oc4)CC[C@@]32O)C1. The number of esters is 1. The van der Waals surface area contributed by atoms with E-state index in [0.29, 0.717) is 23.3 Å². The van der Waals surface area contributed by atoms with Gasteiger partial charge in [-0.2, -0.15) is 0 Å². The predicted octanol–water partition coefficient (Wildman–Crippen LogP) is 5.37. The van der Waals surface area contributed by atoms with Gasteiger partial charge in [0.2, 0.25) is 0 Å². The normalized spacial score (nSPS) is 44.3. The average Bonchev–Trinajstić information content (AvgIpc) is 3.06. The Hall–Kier alpha value is -1.88. The summed E-state index contributed by atoms with van der Waals surface area (Å²) < 4.78 is 10.9. The second kappa shape index (κ2) is 7.83. The Kier molecular flexibility index (Phi) is 5.43. The Morgan fingerprint density at radius 3 is 2.58 bits per heavy atom. The van der Waals surface area contributed by atoms with Gasteiger partial charge in [0.15, 0.2) is 0 Å². The minimum absolute atomic E-state index is 0.00985. The van der Waals surface area contributed by atoms with Crippen molar-refractivity contribution in [2.75, 3.05) is 0 Å². The van der Waals surface area contributed by atoms with Gasteiger partial charge in [0.05, 0.1) is 11.9 Å².